The second-order valence-electron chi connectivity index (χ2n) is 4.73. The normalized spacial score (nSPS) is 13.3. The number of nitrogens with zero attached hydrogens (tertiary/aromatic N) is 1. The van der Waals surface area contributed by atoms with Crippen LogP contribution in [0.3, 0.4) is 0 Å². The number of rotatable bonds is 10. The molecule has 7 heteroatoms. The van der Waals surface area contributed by atoms with Crippen molar-refractivity contribution in [1.29, 1.82) is 0 Å². The minimum Gasteiger partial charge on any atom is -0.382 e. The van der Waals surface area contributed by atoms with Crippen LogP contribution in [0.4, 0.5) is 13.2 Å². The summed E-state index contributed by atoms with van der Waals surface area (Å²) in [4.78, 5) is 12.7. The van der Waals surface area contributed by atoms with E-state index >= 15 is 0 Å². The number of carbonyl (C=O) groups excluding carboxylic acids is 1. The summed E-state index contributed by atoms with van der Waals surface area (Å²) in [6, 6.07) is -0.380. The monoisotopic (exact) mass is 298 g/mol. The van der Waals surface area contributed by atoms with Crippen LogP contribution < -0.4 is 5.73 Å². The molecule has 0 aliphatic rings. The molecule has 0 aromatic rings. The van der Waals surface area contributed by atoms with E-state index in [1.807, 2.05) is 13.8 Å². The lowest BCUT2D eigenvalue weighted by atomic mass is 10.1. The van der Waals surface area contributed by atoms with Crippen LogP contribution in [-0.2, 0) is 9.53 Å². The van der Waals surface area contributed by atoms with Gasteiger partial charge in [-0.1, -0.05) is 13.3 Å². The summed E-state index contributed by atoms with van der Waals surface area (Å²) >= 11 is 0. The highest BCUT2D eigenvalue weighted by atomic mass is 19.4. The molecule has 1 unspecified atom stereocenters. The van der Waals surface area contributed by atoms with Gasteiger partial charge < -0.3 is 15.4 Å². The molecular weight excluding hydrogens is 273 g/mol. The summed E-state index contributed by atoms with van der Waals surface area (Å²) in [6.45, 7) is 3.39. The molecule has 0 aromatic heterocycles. The highest BCUT2D eigenvalue weighted by Crippen LogP contribution is 2.17. The first-order valence-electron chi connectivity index (χ1n) is 6.98. The summed E-state index contributed by atoms with van der Waals surface area (Å²) in [5.41, 5.74) is 5.71. The van der Waals surface area contributed by atoms with E-state index in [-0.39, 0.29) is 19.0 Å². The Morgan fingerprint density at radius 3 is 2.50 bits per heavy atom. The van der Waals surface area contributed by atoms with Gasteiger partial charge in [0, 0.05) is 32.2 Å². The van der Waals surface area contributed by atoms with Crippen LogP contribution >= 0.6 is 0 Å². The lowest BCUT2D eigenvalue weighted by Crippen LogP contribution is -2.42. The number of hydrogen-bond donors (Lipinski definition) is 1. The maximum Gasteiger partial charge on any atom is 0.406 e. The quantitative estimate of drug-likeness (QED) is 0.630. The van der Waals surface area contributed by atoms with Crippen LogP contribution in [0.15, 0.2) is 0 Å². The van der Waals surface area contributed by atoms with E-state index in [0.717, 1.165) is 11.3 Å². The Morgan fingerprint density at radius 1 is 1.35 bits per heavy atom. The standard InChI is InChI=1S/C13H25F3N2O2/c1-3-6-11(17)9-12(19)18(10-13(14,15)16)7-5-8-20-4-2/h11H,3-10,17H2,1-2H3. The fourth-order valence-electron chi connectivity index (χ4n) is 1.84. The third-order valence-electron chi connectivity index (χ3n) is 2.74. The molecule has 4 nitrogen and oxygen atoms in total. The molecule has 0 spiro atoms. The summed E-state index contributed by atoms with van der Waals surface area (Å²) in [5, 5.41) is 0. The van der Waals surface area contributed by atoms with Gasteiger partial charge in [0.1, 0.15) is 6.54 Å². The molecule has 0 saturated carbocycles. The topological polar surface area (TPSA) is 55.6 Å². The fraction of sp³-hybridized carbons (Fsp3) is 0.923. The van der Waals surface area contributed by atoms with Gasteiger partial charge in [-0.05, 0) is 19.8 Å². The molecule has 0 saturated heterocycles. The Kier molecular flexibility index (Phi) is 9.58. The molecule has 0 rings (SSSR count). The number of nitrogens with two attached hydrogens (primary N) is 1. The fourth-order valence-corrected chi connectivity index (χ4v) is 1.84. The molecule has 0 fully saturated rings. The number of hydrogen-bond acceptors (Lipinski definition) is 3. The average Bonchev–Trinajstić information content (AvgIpc) is 2.31. The lowest BCUT2D eigenvalue weighted by molar-refractivity contribution is -0.161. The van der Waals surface area contributed by atoms with Gasteiger partial charge in [-0.2, -0.15) is 13.2 Å². The van der Waals surface area contributed by atoms with E-state index in [2.05, 4.69) is 0 Å². The predicted molar refractivity (Wildman–Crippen MR) is 71.2 cm³/mol. The first-order chi connectivity index (χ1) is 9.30. The zero-order valence-electron chi connectivity index (χ0n) is 12.2. The van der Waals surface area contributed by atoms with Gasteiger partial charge >= 0.3 is 6.18 Å². The molecule has 1 amide bonds. The Bertz CT molecular complexity index is 273. The lowest BCUT2D eigenvalue weighted by Gasteiger charge is -2.25. The van der Waals surface area contributed by atoms with Crippen molar-refractivity contribution >= 4 is 5.91 Å². The minimum absolute atomic E-state index is 0.0389. The molecule has 120 valence electrons. The van der Waals surface area contributed by atoms with Gasteiger partial charge in [-0.3, -0.25) is 4.79 Å². The molecule has 0 aliphatic carbocycles. The molecule has 1 atom stereocenters. The van der Waals surface area contributed by atoms with Gasteiger partial charge in [0.25, 0.3) is 0 Å². The van der Waals surface area contributed by atoms with E-state index in [1.165, 1.54) is 0 Å². The number of amides is 1. The number of carbonyl (C=O) groups is 1. The zero-order valence-corrected chi connectivity index (χ0v) is 12.2. The highest BCUT2D eigenvalue weighted by Gasteiger charge is 2.33. The first-order valence-corrected chi connectivity index (χ1v) is 6.98. The Morgan fingerprint density at radius 2 is 2.00 bits per heavy atom. The van der Waals surface area contributed by atoms with Crippen molar-refractivity contribution < 1.29 is 22.7 Å². The van der Waals surface area contributed by atoms with Crippen molar-refractivity contribution in [2.75, 3.05) is 26.3 Å². The minimum atomic E-state index is -4.39. The third-order valence-corrected chi connectivity index (χ3v) is 2.74. The first kappa shape index (κ1) is 19.2. The number of halogens is 3. The van der Waals surface area contributed by atoms with Gasteiger partial charge in [0.05, 0.1) is 0 Å². The molecule has 0 heterocycles. The Balaban J connectivity index is 4.38. The van der Waals surface area contributed by atoms with Crippen LogP contribution in [0.2, 0.25) is 0 Å². The maximum absolute atomic E-state index is 12.5. The second-order valence-corrected chi connectivity index (χ2v) is 4.73. The van der Waals surface area contributed by atoms with Crippen molar-refractivity contribution in [2.45, 2.75) is 51.7 Å². The van der Waals surface area contributed by atoms with Gasteiger partial charge in [0.15, 0.2) is 0 Å². The van der Waals surface area contributed by atoms with Crippen molar-refractivity contribution in [1.82, 2.24) is 4.90 Å². The van der Waals surface area contributed by atoms with Crippen LogP contribution in [0, 0.1) is 0 Å². The summed E-state index contributed by atoms with van der Waals surface area (Å²) in [5.74, 6) is -0.542. The molecule has 0 bridgehead atoms. The smallest absolute Gasteiger partial charge is 0.382 e. The predicted octanol–water partition coefficient (Wildman–Crippen LogP) is 2.32. The van der Waals surface area contributed by atoms with Gasteiger partial charge in [-0.25, -0.2) is 0 Å². The number of ether oxygens (including phenoxy) is 1. The van der Waals surface area contributed by atoms with E-state index in [4.69, 9.17) is 10.5 Å². The summed E-state index contributed by atoms with van der Waals surface area (Å²) < 4.78 is 42.5. The van der Waals surface area contributed by atoms with Crippen LogP contribution in [0.5, 0.6) is 0 Å². The average molecular weight is 298 g/mol. The zero-order chi connectivity index (χ0) is 15.6. The Labute approximate surface area is 118 Å². The van der Waals surface area contributed by atoms with Crippen LogP contribution in [0.1, 0.15) is 39.5 Å². The number of alkyl halides is 3. The van der Waals surface area contributed by atoms with E-state index in [1.54, 1.807) is 0 Å². The van der Waals surface area contributed by atoms with E-state index in [9.17, 15) is 18.0 Å². The second kappa shape index (κ2) is 9.99. The van der Waals surface area contributed by atoms with Gasteiger partial charge in [0.2, 0.25) is 5.91 Å². The largest absolute Gasteiger partial charge is 0.406 e. The molecule has 2 N–H and O–H groups in total. The molecule has 0 aliphatic heterocycles. The van der Waals surface area contributed by atoms with Crippen molar-refractivity contribution in [3.63, 3.8) is 0 Å². The van der Waals surface area contributed by atoms with E-state index < -0.39 is 18.6 Å². The maximum atomic E-state index is 12.5. The SMILES string of the molecule is CCCC(N)CC(=O)N(CCCOCC)CC(F)(F)F. The summed E-state index contributed by atoms with van der Waals surface area (Å²) in [6.07, 6.45) is -2.62. The molecule has 0 radical (unpaired) electrons. The van der Waals surface area contributed by atoms with Crippen molar-refractivity contribution in [3.8, 4) is 0 Å². The molecule has 0 aromatic carbocycles. The van der Waals surface area contributed by atoms with Crippen LogP contribution in [0.25, 0.3) is 0 Å². The Hall–Kier alpha value is -0.820. The molecular formula is C13H25F3N2O2. The van der Waals surface area contributed by atoms with Crippen LogP contribution in [-0.4, -0.2) is 49.3 Å². The highest BCUT2D eigenvalue weighted by molar-refractivity contribution is 5.76. The van der Waals surface area contributed by atoms with Gasteiger partial charge in [-0.15, -0.1) is 0 Å². The van der Waals surface area contributed by atoms with E-state index in [0.29, 0.717) is 26.1 Å². The van der Waals surface area contributed by atoms with Crippen molar-refractivity contribution in [3.05, 3.63) is 0 Å². The molecule has 20 heavy (non-hydrogen) atoms. The third kappa shape index (κ3) is 10.0. The van der Waals surface area contributed by atoms with Crippen molar-refractivity contribution in [2.24, 2.45) is 5.73 Å². The summed E-state index contributed by atoms with van der Waals surface area (Å²) in [7, 11) is 0.